The van der Waals surface area contributed by atoms with Gasteiger partial charge in [-0.1, -0.05) is 43.6 Å². The van der Waals surface area contributed by atoms with Crippen molar-refractivity contribution in [1.29, 1.82) is 0 Å². The van der Waals surface area contributed by atoms with Gasteiger partial charge in [0.25, 0.3) is 0 Å². The van der Waals surface area contributed by atoms with Gasteiger partial charge in [0.2, 0.25) is 0 Å². The fourth-order valence-corrected chi connectivity index (χ4v) is 2.23. The van der Waals surface area contributed by atoms with Crippen LogP contribution in [-0.4, -0.2) is 41.8 Å². The Kier molecular flexibility index (Phi) is 6.27. The minimum atomic E-state index is -0.750. The fourth-order valence-electron chi connectivity index (χ4n) is 2.03. The maximum atomic E-state index is 10.3. The zero-order valence-corrected chi connectivity index (χ0v) is 13.0. The minimum absolute atomic E-state index is 0.375. The number of nitrogens with zero attached hydrogens (tertiary/aromatic N) is 1. The third-order valence-corrected chi connectivity index (χ3v) is 3.27. The van der Waals surface area contributed by atoms with E-state index in [1.165, 1.54) is 0 Å². The highest BCUT2D eigenvalue weighted by molar-refractivity contribution is 6.31. The lowest BCUT2D eigenvalue weighted by Crippen LogP contribution is -2.47. The highest BCUT2D eigenvalue weighted by atomic mass is 35.5. The van der Waals surface area contributed by atoms with E-state index in [4.69, 9.17) is 11.6 Å². The Hall–Kier alpha value is -0.610. The Morgan fingerprint density at radius 3 is 2.58 bits per heavy atom. The molecule has 108 valence electrons. The molecule has 3 nitrogen and oxygen atoms in total. The van der Waals surface area contributed by atoms with E-state index in [9.17, 15) is 5.11 Å². The van der Waals surface area contributed by atoms with Crippen molar-refractivity contribution in [3.8, 4) is 0 Å². The Balaban J connectivity index is 2.50. The van der Waals surface area contributed by atoms with Gasteiger partial charge in [-0.05, 0) is 25.6 Å². The van der Waals surface area contributed by atoms with Crippen LogP contribution in [0.25, 0.3) is 0 Å². The molecule has 1 unspecified atom stereocenters. The quantitative estimate of drug-likeness (QED) is 0.808. The van der Waals surface area contributed by atoms with E-state index in [-0.39, 0.29) is 0 Å². The molecule has 19 heavy (non-hydrogen) atoms. The smallest absolute Gasteiger partial charge is 0.0869 e. The molecule has 1 aromatic carbocycles. The van der Waals surface area contributed by atoms with Gasteiger partial charge in [-0.2, -0.15) is 0 Å². The summed E-state index contributed by atoms with van der Waals surface area (Å²) < 4.78 is 0. The van der Waals surface area contributed by atoms with E-state index in [1.54, 1.807) is 0 Å². The molecule has 1 aromatic rings. The van der Waals surface area contributed by atoms with E-state index in [0.717, 1.165) is 17.1 Å². The molecule has 0 aliphatic rings. The monoisotopic (exact) mass is 284 g/mol. The molecule has 0 fully saturated rings. The first-order valence-corrected chi connectivity index (χ1v) is 7.06. The van der Waals surface area contributed by atoms with Crippen LogP contribution in [-0.2, 0) is 6.54 Å². The summed E-state index contributed by atoms with van der Waals surface area (Å²) in [6.07, 6.45) is 0. The van der Waals surface area contributed by atoms with Crippen LogP contribution in [0.1, 0.15) is 26.3 Å². The molecule has 1 rings (SSSR count). The summed E-state index contributed by atoms with van der Waals surface area (Å²) in [5.74, 6) is 0. The van der Waals surface area contributed by atoms with Gasteiger partial charge in [0.15, 0.2) is 0 Å². The third-order valence-electron chi connectivity index (χ3n) is 2.90. The third kappa shape index (κ3) is 6.39. The van der Waals surface area contributed by atoms with Crippen molar-refractivity contribution in [2.45, 2.75) is 39.0 Å². The average Bonchev–Trinajstić information content (AvgIpc) is 2.29. The molecule has 0 saturated heterocycles. The molecule has 4 heteroatoms. The topological polar surface area (TPSA) is 35.5 Å². The first-order chi connectivity index (χ1) is 8.80. The Morgan fingerprint density at radius 2 is 2.00 bits per heavy atom. The fraction of sp³-hybridized carbons (Fsp3) is 0.600. The maximum absolute atomic E-state index is 10.3. The lowest BCUT2D eigenvalue weighted by molar-refractivity contribution is 0.0240. The van der Waals surface area contributed by atoms with E-state index >= 15 is 0 Å². The zero-order valence-electron chi connectivity index (χ0n) is 12.3. The van der Waals surface area contributed by atoms with Crippen LogP contribution >= 0.6 is 11.6 Å². The number of hydrogen-bond donors (Lipinski definition) is 2. The van der Waals surface area contributed by atoms with Gasteiger partial charge in [0.1, 0.15) is 0 Å². The summed E-state index contributed by atoms with van der Waals surface area (Å²) in [7, 11) is 1.99. The molecule has 0 bridgehead atoms. The number of likely N-dealkylation sites (N-methyl/N-ethyl adjacent to an activating group) is 1. The molecular formula is C15H25ClN2O. The summed E-state index contributed by atoms with van der Waals surface area (Å²) in [4.78, 5) is 2.09. The number of benzene rings is 1. The summed E-state index contributed by atoms with van der Waals surface area (Å²) in [5, 5.41) is 14.4. The van der Waals surface area contributed by atoms with E-state index in [2.05, 4.69) is 24.1 Å². The normalized spacial score (nSPS) is 14.9. The van der Waals surface area contributed by atoms with Crippen molar-refractivity contribution in [2.24, 2.45) is 0 Å². The molecule has 0 aliphatic heterocycles. The van der Waals surface area contributed by atoms with Crippen molar-refractivity contribution in [2.75, 3.05) is 20.1 Å². The molecule has 0 amide bonds. The number of aliphatic hydroxyl groups is 1. The number of halogens is 1. The highest BCUT2D eigenvalue weighted by Gasteiger charge is 2.22. The van der Waals surface area contributed by atoms with E-state index < -0.39 is 5.60 Å². The van der Waals surface area contributed by atoms with Crippen LogP contribution in [0.2, 0.25) is 5.02 Å². The molecule has 0 aromatic heterocycles. The molecule has 1 atom stereocenters. The van der Waals surface area contributed by atoms with Gasteiger partial charge >= 0.3 is 0 Å². The van der Waals surface area contributed by atoms with Gasteiger partial charge in [0, 0.05) is 30.7 Å². The van der Waals surface area contributed by atoms with Gasteiger partial charge in [0.05, 0.1) is 5.60 Å². The van der Waals surface area contributed by atoms with Crippen molar-refractivity contribution >= 4 is 11.6 Å². The average molecular weight is 285 g/mol. The van der Waals surface area contributed by atoms with E-state index in [0.29, 0.717) is 19.1 Å². The predicted molar refractivity (Wildman–Crippen MR) is 81.5 cm³/mol. The second-order valence-electron chi connectivity index (χ2n) is 5.80. The second-order valence-corrected chi connectivity index (χ2v) is 6.20. The Labute approximate surface area is 121 Å². The lowest BCUT2D eigenvalue weighted by atomic mass is 10.1. The summed E-state index contributed by atoms with van der Waals surface area (Å²) >= 11 is 6.14. The van der Waals surface area contributed by atoms with Crippen molar-refractivity contribution < 1.29 is 5.11 Å². The zero-order chi connectivity index (χ0) is 14.5. The molecule has 2 N–H and O–H groups in total. The second kappa shape index (κ2) is 7.25. The van der Waals surface area contributed by atoms with Crippen LogP contribution in [0, 0.1) is 0 Å². The van der Waals surface area contributed by atoms with Crippen LogP contribution in [0.4, 0.5) is 0 Å². The predicted octanol–water partition coefficient (Wildman–Crippen LogP) is 2.52. The Morgan fingerprint density at radius 1 is 1.37 bits per heavy atom. The lowest BCUT2D eigenvalue weighted by Gasteiger charge is -2.30. The van der Waals surface area contributed by atoms with Gasteiger partial charge in [-0.25, -0.2) is 0 Å². The molecule has 0 aliphatic carbocycles. The molecule has 0 heterocycles. The standard InChI is InChI=1S/C15H25ClN2O/c1-12(2)17-10-15(3,19)11-18(4)9-13-7-5-6-8-14(13)16/h5-8,12,17,19H,9-11H2,1-4H3. The number of rotatable bonds is 7. The first kappa shape index (κ1) is 16.4. The van der Waals surface area contributed by atoms with Crippen LogP contribution in [0.3, 0.4) is 0 Å². The van der Waals surface area contributed by atoms with E-state index in [1.807, 2.05) is 38.2 Å². The van der Waals surface area contributed by atoms with Gasteiger partial charge in [-0.3, -0.25) is 4.90 Å². The summed E-state index contributed by atoms with van der Waals surface area (Å²) in [6, 6.07) is 8.19. The van der Waals surface area contributed by atoms with Crippen LogP contribution < -0.4 is 5.32 Å². The van der Waals surface area contributed by atoms with Crippen molar-refractivity contribution in [3.05, 3.63) is 34.9 Å². The Bertz CT molecular complexity index is 393. The van der Waals surface area contributed by atoms with Gasteiger partial charge in [-0.15, -0.1) is 0 Å². The molecule has 0 spiro atoms. The maximum Gasteiger partial charge on any atom is 0.0869 e. The van der Waals surface area contributed by atoms with Gasteiger partial charge < -0.3 is 10.4 Å². The number of hydrogen-bond acceptors (Lipinski definition) is 3. The first-order valence-electron chi connectivity index (χ1n) is 6.68. The molecule has 0 saturated carbocycles. The molecule has 0 radical (unpaired) electrons. The van der Waals surface area contributed by atoms with Crippen LogP contribution in [0.5, 0.6) is 0 Å². The van der Waals surface area contributed by atoms with Crippen LogP contribution in [0.15, 0.2) is 24.3 Å². The molecular weight excluding hydrogens is 260 g/mol. The largest absolute Gasteiger partial charge is 0.388 e. The summed E-state index contributed by atoms with van der Waals surface area (Å²) in [6.45, 7) is 7.91. The minimum Gasteiger partial charge on any atom is -0.388 e. The van der Waals surface area contributed by atoms with Crippen molar-refractivity contribution in [3.63, 3.8) is 0 Å². The SMILES string of the molecule is CC(C)NCC(C)(O)CN(C)Cc1ccccc1Cl. The summed E-state index contributed by atoms with van der Waals surface area (Å²) in [5.41, 5.74) is 0.333. The highest BCUT2D eigenvalue weighted by Crippen LogP contribution is 2.17. The van der Waals surface area contributed by atoms with Crippen molar-refractivity contribution in [1.82, 2.24) is 10.2 Å². The number of nitrogens with one attached hydrogen (secondary N) is 1.